The Labute approximate surface area is 235 Å². The molecule has 41 heavy (non-hydrogen) atoms. The van der Waals surface area contributed by atoms with Gasteiger partial charge in [0.1, 0.15) is 16.5 Å². The van der Waals surface area contributed by atoms with Crippen molar-refractivity contribution in [1.29, 1.82) is 0 Å². The van der Waals surface area contributed by atoms with Crippen LogP contribution in [0.2, 0.25) is 0 Å². The lowest BCUT2D eigenvalue weighted by Crippen LogP contribution is -2.19. The van der Waals surface area contributed by atoms with Gasteiger partial charge in [0.05, 0.1) is 11.4 Å². The van der Waals surface area contributed by atoms with Crippen LogP contribution in [0.3, 0.4) is 0 Å². The van der Waals surface area contributed by atoms with Crippen molar-refractivity contribution in [3.8, 4) is 22.1 Å². The van der Waals surface area contributed by atoms with Gasteiger partial charge in [0.25, 0.3) is 0 Å². The summed E-state index contributed by atoms with van der Waals surface area (Å²) in [5, 5.41) is 20.8. The third kappa shape index (κ3) is 6.74. The van der Waals surface area contributed by atoms with E-state index < -0.39 is 39.5 Å². The van der Waals surface area contributed by atoms with Crippen LogP contribution in [-0.4, -0.2) is 47.0 Å². The van der Waals surface area contributed by atoms with E-state index in [0.29, 0.717) is 40.4 Å². The molecule has 1 fully saturated rings. The lowest BCUT2D eigenvalue weighted by atomic mass is 9.97. The monoisotopic (exact) mass is 610 g/mol. The van der Waals surface area contributed by atoms with Gasteiger partial charge in [0.15, 0.2) is 12.3 Å². The fourth-order valence-electron chi connectivity index (χ4n) is 4.31. The Kier molecular flexibility index (Phi) is 7.61. The number of ether oxygens (including phenoxy) is 1. The average molecular weight is 611 g/mol. The molecular weight excluding hydrogens is 588 g/mol. The molecule has 15 heteroatoms. The standard InChI is InChI=1S/C26H22F4N4O5S2/c27-19-9-15(6-7-22(19)41(31,37)38)8-18-21(10-14-4-5-14)34(25-32-20(12-40-25)24(35)36)33-23(18)16-2-1-3-17(11-16)39-13-26(28,29)30/h1-3,6-7,9,11-12,14H,4-5,8,10,13H2,(H,35,36)(H2,31,37,38). The SMILES string of the molecule is NS(=O)(=O)c1ccc(Cc2c(-c3cccc(OCC(F)(F)F)c3)nn(-c3nc(C(=O)O)cs3)c2CC2CC2)cc1F. The summed E-state index contributed by atoms with van der Waals surface area (Å²) in [6.07, 6.45) is -2.02. The van der Waals surface area contributed by atoms with Gasteiger partial charge in [-0.3, -0.25) is 0 Å². The number of primary sulfonamides is 1. The molecule has 1 aliphatic rings. The molecule has 2 aromatic heterocycles. The van der Waals surface area contributed by atoms with Crippen molar-refractivity contribution in [3.63, 3.8) is 0 Å². The molecule has 216 valence electrons. The predicted octanol–water partition coefficient (Wildman–Crippen LogP) is 4.96. The van der Waals surface area contributed by atoms with Crippen molar-refractivity contribution in [2.45, 2.75) is 36.8 Å². The number of aromatic nitrogens is 3. The Hall–Kier alpha value is -3.82. The van der Waals surface area contributed by atoms with Crippen LogP contribution in [0.4, 0.5) is 17.6 Å². The van der Waals surface area contributed by atoms with Crippen LogP contribution in [0.5, 0.6) is 5.75 Å². The molecule has 2 aromatic carbocycles. The largest absolute Gasteiger partial charge is 0.484 e. The minimum atomic E-state index is -4.54. The molecule has 0 amide bonds. The molecule has 5 rings (SSSR count). The van der Waals surface area contributed by atoms with Crippen molar-refractivity contribution in [2.75, 3.05) is 6.61 Å². The van der Waals surface area contributed by atoms with Crippen LogP contribution in [-0.2, 0) is 22.9 Å². The third-order valence-electron chi connectivity index (χ3n) is 6.35. The summed E-state index contributed by atoms with van der Waals surface area (Å²) < 4.78 is 82.9. The quantitative estimate of drug-likeness (QED) is 0.242. The number of benzene rings is 2. The highest BCUT2D eigenvalue weighted by molar-refractivity contribution is 7.89. The van der Waals surface area contributed by atoms with Crippen molar-refractivity contribution in [2.24, 2.45) is 11.1 Å². The second-order valence-corrected chi connectivity index (χ2v) is 11.9. The molecule has 0 saturated heterocycles. The molecule has 0 spiro atoms. The van der Waals surface area contributed by atoms with E-state index in [9.17, 15) is 35.9 Å². The number of aromatic carboxylic acids is 1. The number of nitrogens with two attached hydrogens (primary N) is 1. The second-order valence-electron chi connectivity index (χ2n) is 9.57. The summed E-state index contributed by atoms with van der Waals surface area (Å²) in [7, 11) is -4.29. The van der Waals surface area contributed by atoms with E-state index in [1.165, 1.54) is 34.3 Å². The van der Waals surface area contributed by atoms with Crippen molar-refractivity contribution < 1.29 is 40.6 Å². The number of hydrogen-bond acceptors (Lipinski definition) is 7. The number of sulfonamides is 1. The van der Waals surface area contributed by atoms with E-state index >= 15 is 0 Å². The summed E-state index contributed by atoms with van der Waals surface area (Å²) in [5.41, 5.74) is 2.24. The minimum Gasteiger partial charge on any atom is -0.484 e. The summed E-state index contributed by atoms with van der Waals surface area (Å²) in [6, 6.07) is 9.45. The maximum absolute atomic E-state index is 14.7. The van der Waals surface area contributed by atoms with Crippen LogP contribution in [0, 0.1) is 11.7 Å². The molecule has 1 aliphatic carbocycles. The zero-order chi connectivity index (χ0) is 29.5. The maximum atomic E-state index is 14.7. The fourth-order valence-corrected chi connectivity index (χ4v) is 5.67. The number of carboxylic acids is 1. The second kappa shape index (κ2) is 10.9. The highest BCUT2D eigenvalue weighted by Gasteiger charge is 2.31. The van der Waals surface area contributed by atoms with Gasteiger partial charge in [-0.05, 0) is 55.0 Å². The Morgan fingerprint density at radius 3 is 2.56 bits per heavy atom. The van der Waals surface area contributed by atoms with Gasteiger partial charge in [0, 0.05) is 22.9 Å². The third-order valence-corrected chi connectivity index (χ3v) is 8.12. The van der Waals surface area contributed by atoms with Gasteiger partial charge in [0.2, 0.25) is 15.2 Å². The summed E-state index contributed by atoms with van der Waals surface area (Å²) in [5.74, 6) is -1.98. The van der Waals surface area contributed by atoms with E-state index in [2.05, 4.69) is 4.98 Å². The first-order valence-corrected chi connectivity index (χ1v) is 14.6. The lowest BCUT2D eigenvalue weighted by molar-refractivity contribution is -0.153. The first kappa shape index (κ1) is 28.7. The lowest BCUT2D eigenvalue weighted by Gasteiger charge is -2.11. The highest BCUT2D eigenvalue weighted by Crippen LogP contribution is 2.39. The fraction of sp³-hybridized carbons (Fsp3) is 0.269. The number of thiazole rings is 1. The molecule has 3 N–H and O–H groups in total. The number of alkyl halides is 3. The number of hydrogen-bond donors (Lipinski definition) is 2. The summed E-state index contributed by atoms with van der Waals surface area (Å²) in [6.45, 7) is -1.49. The van der Waals surface area contributed by atoms with Gasteiger partial charge in [-0.2, -0.15) is 18.3 Å². The average Bonchev–Trinajstić information content (AvgIpc) is 3.44. The maximum Gasteiger partial charge on any atom is 0.422 e. The molecule has 0 aliphatic heterocycles. The first-order valence-electron chi connectivity index (χ1n) is 12.2. The van der Waals surface area contributed by atoms with E-state index in [1.807, 2.05) is 0 Å². The van der Waals surface area contributed by atoms with Gasteiger partial charge in [-0.25, -0.2) is 32.4 Å². The minimum absolute atomic E-state index is 0.0463. The van der Waals surface area contributed by atoms with Gasteiger partial charge >= 0.3 is 12.1 Å². The Morgan fingerprint density at radius 2 is 1.95 bits per heavy atom. The molecule has 0 atom stereocenters. The van der Waals surface area contributed by atoms with Crippen molar-refractivity contribution in [1.82, 2.24) is 14.8 Å². The number of halogens is 4. The zero-order valence-corrected chi connectivity index (χ0v) is 22.7. The predicted molar refractivity (Wildman–Crippen MR) is 140 cm³/mol. The number of nitrogens with zero attached hydrogens (tertiary/aromatic N) is 3. The molecule has 0 radical (unpaired) electrons. The normalized spacial score (nSPS) is 13.9. The van der Waals surface area contributed by atoms with Crippen LogP contribution in [0.15, 0.2) is 52.7 Å². The Morgan fingerprint density at radius 1 is 1.20 bits per heavy atom. The van der Waals surface area contributed by atoms with Crippen LogP contribution < -0.4 is 9.88 Å². The smallest absolute Gasteiger partial charge is 0.422 e. The van der Waals surface area contributed by atoms with Crippen molar-refractivity contribution >= 4 is 27.3 Å². The number of rotatable bonds is 10. The molecule has 0 bridgehead atoms. The zero-order valence-electron chi connectivity index (χ0n) is 21.1. The summed E-state index contributed by atoms with van der Waals surface area (Å²) in [4.78, 5) is 15.0. The van der Waals surface area contributed by atoms with Gasteiger partial charge in [-0.1, -0.05) is 18.2 Å². The molecule has 0 unspecified atom stereocenters. The summed E-state index contributed by atoms with van der Waals surface area (Å²) >= 11 is 1.06. The topological polar surface area (TPSA) is 137 Å². The van der Waals surface area contributed by atoms with E-state index in [0.717, 1.165) is 36.3 Å². The molecule has 1 saturated carbocycles. The van der Waals surface area contributed by atoms with E-state index in [-0.39, 0.29) is 23.0 Å². The number of carbonyl (C=O) groups is 1. The molecule has 4 aromatic rings. The highest BCUT2D eigenvalue weighted by atomic mass is 32.2. The number of carboxylic acid groups (broad SMARTS) is 1. The van der Waals surface area contributed by atoms with Crippen molar-refractivity contribution in [3.05, 3.63) is 76.2 Å². The van der Waals surface area contributed by atoms with Gasteiger partial charge in [-0.15, -0.1) is 11.3 Å². The van der Waals surface area contributed by atoms with Crippen LogP contribution in [0.25, 0.3) is 16.4 Å². The molecular formula is C26H22F4N4O5S2. The van der Waals surface area contributed by atoms with Gasteiger partial charge < -0.3 is 9.84 Å². The van der Waals surface area contributed by atoms with E-state index in [1.54, 1.807) is 6.07 Å². The van der Waals surface area contributed by atoms with Crippen LogP contribution >= 0.6 is 11.3 Å². The molecule has 2 heterocycles. The Bertz CT molecular complexity index is 1730. The Balaban J connectivity index is 1.65. The van der Waals surface area contributed by atoms with E-state index in [4.69, 9.17) is 15.0 Å². The van der Waals surface area contributed by atoms with Crippen LogP contribution in [0.1, 0.15) is 40.2 Å². The molecule has 9 nitrogen and oxygen atoms in total. The first-order chi connectivity index (χ1) is 19.3.